The summed E-state index contributed by atoms with van der Waals surface area (Å²) in [7, 11) is 1.63. The highest BCUT2D eigenvalue weighted by Crippen LogP contribution is 2.36. The van der Waals surface area contributed by atoms with Gasteiger partial charge in [0.2, 0.25) is 0 Å². The summed E-state index contributed by atoms with van der Waals surface area (Å²) in [6.07, 6.45) is 7.87. The summed E-state index contributed by atoms with van der Waals surface area (Å²) in [5, 5.41) is 11.0. The Kier molecular flexibility index (Phi) is 5.68. The SMILES string of the molecule is COc1cccc(C=Cc2nc3sccn3c(=O)c2-c2ccc(C#N)cc2)c1OCC1CC1. The molecule has 0 amide bonds. The van der Waals surface area contributed by atoms with Crippen LogP contribution in [0.3, 0.4) is 0 Å². The molecule has 2 aromatic heterocycles. The summed E-state index contributed by atoms with van der Waals surface area (Å²) in [5.41, 5.74) is 2.99. The molecule has 2 heterocycles. The average molecular weight is 456 g/mol. The minimum atomic E-state index is -0.151. The highest BCUT2D eigenvalue weighted by molar-refractivity contribution is 7.15. The minimum Gasteiger partial charge on any atom is -0.493 e. The van der Waals surface area contributed by atoms with E-state index in [1.165, 1.54) is 24.2 Å². The number of nitrogens with zero attached hydrogens (tertiary/aromatic N) is 3. The number of fused-ring (bicyclic) bond motifs is 1. The lowest BCUT2D eigenvalue weighted by atomic mass is 10.0. The number of methoxy groups -OCH3 is 1. The summed E-state index contributed by atoms with van der Waals surface area (Å²) >= 11 is 1.40. The Balaban J connectivity index is 1.60. The van der Waals surface area contributed by atoms with Gasteiger partial charge < -0.3 is 9.47 Å². The zero-order chi connectivity index (χ0) is 22.8. The van der Waals surface area contributed by atoms with Gasteiger partial charge in [0.1, 0.15) is 0 Å². The molecule has 164 valence electrons. The van der Waals surface area contributed by atoms with Gasteiger partial charge in [0, 0.05) is 17.1 Å². The van der Waals surface area contributed by atoms with Crippen LogP contribution in [0.2, 0.25) is 0 Å². The first-order chi connectivity index (χ1) is 16.2. The Morgan fingerprint density at radius 2 is 2.03 bits per heavy atom. The van der Waals surface area contributed by atoms with Gasteiger partial charge >= 0.3 is 0 Å². The van der Waals surface area contributed by atoms with Crippen molar-refractivity contribution in [3.05, 3.63) is 81.2 Å². The third kappa shape index (κ3) is 4.26. The molecule has 1 fully saturated rings. The second-order valence-corrected chi connectivity index (χ2v) is 8.76. The molecule has 7 heteroatoms. The molecule has 1 aliphatic carbocycles. The van der Waals surface area contributed by atoms with Gasteiger partial charge in [-0.3, -0.25) is 9.20 Å². The molecule has 4 aromatic rings. The lowest BCUT2D eigenvalue weighted by Crippen LogP contribution is -2.17. The zero-order valence-electron chi connectivity index (χ0n) is 18.0. The maximum absolute atomic E-state index is 13.3. The smallest absolute Gasteiger partial charge is 0.266 e. The minimum absolute atomic E-state index is 0.151. The van der Waals surface area contributed by atoms with Crippen molar-refractivity contribution < 1.29 is 9.47 Å². The van der Waals surface area contributed by atoms with Crippen LogP contribution in [0.1, 0.15) is 29.7 Å². The van der Waals surface area contributed by atoms with E-state index in [0.29, 0.717) is 51.4 Å². The van der Waals surface area contributed by atoms with Gasteiger partial charge in [0.25, 0.3) is 5.56 Å². The van der Waals surface area contributed by atoms with Crippen molar-refractivity contribution in [3.8, 4) is 28.7 Å². The Morgan fingerprint density at radius 3 is 2.76 bits per heavy atom. The number of para-hydroxylation sites is 1. The van der Waals surface area contributed by atoms with E-state index in [-0.39, 0.29) is 5.56 Å². The van der Waals surface area contributed by atoms with Crippen LogP contribution in [-0.4, -0.2) is 23.1 Å². The summed E-state index contributed by atoms with van der Waals surface area (Å²) in [6.45, 7) is 0.665. The van der Waals surface area contributed by atoms with Gasteiger partial charge in [-0.05, 0) is 54.7 Å². The van der Waals surface area contributed by atoms with Gasteiger partial charge in [-0.25, -0.2) is 4.98 Å². The topological polar surface area (TPSA) is 76.6 Å². The summed E-state index contributed by atoms with van der Waals surface area (Å²) < 4.78 is 13.2. The molecule has 0 spiro atoms. The number of ether oxygens (including phenoxy) is 2. The molecular formula is C26H21N3O3S. The second-order valence-electron chi connectivity index (χ2n) is 7.89. The van der Waals surface area contributed by atoms with Crippen LogP contribution in [0.5, 0.6) is 11.5 Å². The standard InChI is InChI=1S/C26H21N3O3S/c1-31-22-4-2-3-20(24(22)32-16-18-5-6-18)11-12-21-23(19-9-7-17(15-27)8-10-19)25(30)29-13-14-33-26(29)28-21/h2-4,7-14,18H,5-6,16H2,1H3. The summed E-state index contributed by atoms with van der Waals surface area (Å²) in [6, 6.07) is 14.8. The lowest BCUT2D eigenvalue weighted by molar-refractivity contribution is 0.280. The first-order valence-electron chi connectivity index (χ1n) is 10.7. The van der Waals surface area contributed by atoms with Crippen LogP contribution in [0.25, 0.3) is 28.2 Å². The van der Waals surface area contributed by atoms with E-state index in [4.69, 9.17) is 19.7 Å². The van der Waals surface area contributed by atoms with Crippen molar-refractivity contribution in [2.24, 2.45) is 5.92 Å². The van der Waals surface area contributed by atoms with Crippen LogP contribution in [0.4, 0.5) is 0 Å². The van der Waals surface area contributed by atoms with Crippen LogP contribution in [0, 0.1) is 17.2 Å². The molecule has 2 aromatic carbocycles. The highest BCUT2D eigenvalue weighted by Gasteiger charge is 2.23. The molecule has 6 nitrogen and oxygen atoms in total. The monoisotopic (exact) mass is 455 g/mol. The largest absolute Gasteiger partial charge is 0.493 e. The average Bonchev–Trinajstić information content (AvgIpc) is 3.56. The number of thiazole rings is 1. The summed E-state index contributed by atoms with van der Waals surface area (Å²) in [5.74, 6) is 1.97. The summed E-state index contributed by atoms with van der Waals surface area (Å²) in [4.78, 5) is 18.7. The van der Waals surface area contributed by atoms with Crippen molar-refractivity contribution in [3.63, 3.8) is 0 Å². The van der Waals surface area contributed by atoms with Crippen molar-refractivity contribution in [2.75, 3.05) is 13.7 Å². The Hall–Kier alpha value is -3.89. The van der Waals surface area contributed by atoms with E-state index < -0.39 is 0 Å². The molecule has 0 bridgehead atoms. The molecule has 1 aliphatic rings. The van der Waals surface area contributed by atoms with E-state index >= 15 is 0 Å². The van der Waals surface area contributed by atoms with Gasteiger partial charge in [-0.2, -0.15) is 5.26 Å². The molecule has 0 saturated heterocycles. The number of nitriles is 1. The van der Waals surface area contributed by atoms with Crippen molar-refractivity contribution in [2.45, 2.75) is 12.8 Å². The van der Waals surface area contributed by atoms with Gasteiger partial charge in [-0.15, -0.1) is 11.3 Å². The zero-order valence-corrected chi connectivity index (χ0v) is 18.8. The highest BCUT2D eigenvalue weighted by atomic mass is 32.1. The Morgan fingerprint density at radius 1 is 1.21 bits per heavy atom. The van der Waals surface area contributed by atoms with E-state index in [1.807, 2.05) is 35.7 Å². The van der Waals surface area contributed by atoms with E-state index in [1.54, 1.807) is 42.0 Å². The van der Waals surface area contributed by atoms with Crippen molar-refractivity contribution >= 4 is 28.4 Å². The number of rotatable bonds is 7. The van der Waals surface area contributed by atoms with E-state index in [2.05, 4.69) is 6.07 Å². The number of hydrogen-bond donors (Lipinski definition) is 0. The molecule has 0 radical (unpaired) electrons. The number of aromatic nitrogens is 2. The fourth-order valence-corrected chi connectivity index (χ4v) is 4.35. The fourth-order valence-electron chi connectivity index (χ4n) is 3.63. The number of benzene rings is 2. The fraction of sp³-hybridized carbons (Fsp3) is 0.192. The molecule has 0 unspecified atom stereocenters. The Bertz CT molecular complexity index is 1440. The second kappa shape index (κ2) is 8.93. The third-order valence-corrected chi connectivity index (χ3v) is 6.36. The van der Waals surface area contributed by atoms with Gasteiger partial charge in [0.15, 0.2) is 16.5 Å². The molecule has 5 rings (SSSR count). The van der Waals surface area contributed by atoms with Crippen molar-refractivity contribution in [1.82, 2.24) is 9.38 Å². The van der Waals surface area contributed by atoms with Crippen LogP contribution >= 0.6 is 11.3 Å². The Labute approximate surface area is 195 Å². The van der Waals surface area contributed by atoms with Crippen LogP contribution in [-0.2, 0) is 0 Å². The van der Waals surface area contributed by atoms with E-state index in [9.17, 15) is 4.79 Å². The van der Waals surface area contributed by atoms with E-state index in [0.717, 1.165) is 5.56 Å². The quantitative estimate of drug-likeness (QED) is 0.380. The number of hydrogen-bond acceptors (Lipinski definition) is 6. The normalized spacial score (nSPS) is 13.3. The molecule has 0 aliphatic heterocycles. The first-order valence-corrected chi connectivity index (χ1v) is 11.5. The first kappa shape index (κ1) is 21.0. The molecular weight excluding hydrogens is 434 g/mol. The molecule has 33 heavy (non-hydrogen) atoms. The van der Waals surface area contributed by atoms with Crippen molar-refractivity contribution in [1.29, 1.82) is 5.26 Å². The van der Waals surface area contributed by atoms with Gasteiger partial charge in [0.05, 0.1) is 36.6 Å². The lowest BCUT2D eigenvalue weighted by Gasteiger charge is -2.13. The predicted octanol–water partition coefficient (Wildman–Crippen LogP) is 5.26. The van der Waals surface area contributed by atoms with Crippen LogP contribution in [0.15, 0.2) is 58.8 Å². The predicted molar refractivity (Wildman–Crippen MR) is 130 cm³/mol. The maximum atomic E-state index is 13.3. The maximum Gasteiger partial charge on any atom is 0.266 e. The molecule has 0 atom stereocenters. The van der Waals surface area contributed by atoms with Gasteiger partial charge in [-0.1, -0.05) is 24.3 Å². The molecule has 1 saturated carbocycles. The molecule has 0 N–H and O–H groups in total. The van der Waals surface area contributed by atoms with Crippen LogP contribution < -0.4 is 15.0 Å². The third-order valence-electron chi connectivity index (χ3n) is 5.61.